The van der Waals surface area contributed by atoms with E-state index in [1.165, 1.54) is 6.08 Å². The molecule has 1 aromatic rings. The molecule has 12 heavy (non-hydrogen) atoms. The summed E-state index contributed by atoms with van der Waals surface area (Å²) in [5, 5.41) is 8.45. The highest BCUT2D eigenvalue weighted by molar-refractivity contribution is 5.89. The molecular formula is C9H9NO2. The lowest BCUT2D eigenvalue weighted by atomic mass is 10.1. The first-order valence-corrected chi connectivity index (χ1v) is 3.52. The second-order valence-corrected chi connectivity index (χ2v) is 2.40. The normalized spacial score (nSPS) is 11.2. The van der Waals surface area contributed by atoms with E-state index in [4.69, 9.17) is 5.11 Å². The number of nitrogens with zero attached hydrogens (tertiary/aromatic N) is 1. The Labute approximate surface area is 70.4 Å². The lowest BCUT2D eigenvalue weighted by Gasteiger charge is -1.97. The van der Waals surface area contributed by atoms with Gasteiger partial charge in [-0.3, -0.25) is 4.98 Å². The van der Waals surface area contributed by atoms with E-state index in [1.54, 1.807) is 31.5 Å². The van der Waals surface area contributed by atoms with Gasteiger partial charge in [-0.05, 0) is 30.2 Å². The molecule has 0 bridgehead atoms. The molecule has 3 heteroatoms. The van der Waals surface area contributed by atoms with Crippen LogP contribution in [0.4, 0.5) is 0 Å². The molecule has 0 atom stereocenters. The second-order valence-electron chi connectivity index (χ2n) is 2.40. The van der Waals surface area contributed by atoms with E-state index in [-0.39, 0.29) is 0 Å². The van der Waals surface area contributed by atoms with Gasteiger partial charge in [0.25, 0.3) is 0 Å². The van der Waals surface area contributed by atoms with E-state index < -0.39 is 5.97 Å². The fourth-order valence-corrected chi connectivity index (χ4v) is 0.883. The number of carboxylic acid groups (broad SMARTS) is 1. The van der Waals surface area contributed by atoms with Gasteiger partial charge in [-0.2, -0.15) is 0 Å². The van der Waals surface area contributed by atoms with Gasteiger partial charge in [0.05, 0.1) is 0 Å². The Hall–Kier alpha value is -1.64. The number of allylic oxidation sites excluding steroid dienone is 1. The van der Waals surface area contributed by atoms with Crippen LogP contribution in [-0.4, -0.2) is 16.1 Å². The molecule has 1 aromatic heterocycles. The predicted octanol–water partition coefficient (Wildman–Crippen LogP) is 1.57. The highest BCUT2D eigenvalue weighted by atomic mass is 16.4. The number of hydrogen-bond acceptors (Lipinski definition) is 2. The van der Waals surface area contributed by atoms with E-state index >= 15 is 0 Å². The van der Waals surface area contributed by atoms with Crippen LogP contribution in [0.1, 0.15) is 12.5 Å². The number of carbonyl (C=O) groups is 1. The summed E-state index contributed by atoms with van der Waals surface area (Å²) in [4.78, 5) is 14.1. The topological polar surface area (TPSA) is 50.2 Å². The van der Waals surface area contributed by atoms with Gasteiger partial charge in [-0.15, -0.1) is 0 Å². The molecule has 0 spiro atoms. The molecule has 0 saturated carbocycles. The number of carboxylic acids is 1. The summed E-state index contributed by atoms with van der Waals surface area (Å²) >= 11 is 0. The molecule has 0 aliphatic carbocycles. The van der Waals surface area contributed by atoms with E-state index in [9.17, 15) is 4.79 Å². The molecule has 3 nitrogen and oxygen atoms in total. The average Bonchev–Trinajstić information content (AvgIpc) is 2.05. The van der Waals surface area contributed by atoms with Crippen LogP contribution < -0.4 is 0 Å². The number of pyridine rings is 1. The molecule has 0 aliphatic rings. The highest BCUT2D eigenvalue weighted by Gasteiger charge is 1.96. The summed E-state index contributed by atoms with van der Waals surface area (Å²) in [6.45, 7) is 1.75. The number of rotatable bonds is 2. The Morgan fingerprint density at radius 1 is 1.50 bits per heavy atom. The van der Waals surface area contributed by atoms with Crippen LogP contribution in [0, 0.1) is 0 Å². The van der Waals surface area contributed by atoms with Crippen molar-refractivity contribution >= 4 is 11.5 Å². The first-order chi connectivity index (χ1) is 5.70. The number of aliphatic carboxylic acids is 1. The molecule has 1 heterocycles. The SMILES string of the molecule is CC(=CC(=O)O)c1ccncc1. The van der Waals surface area contributed by atoms with Gasteiger partial charge >= 0.3 is 5.97 Å². The third-order valence-electron chi connectivity index (χ3n) is 1.48. The third-order valence-corrected chi connectivity index (χ3v) is 1.48. The van der Waals surface area contributed by atoms with Crippen molar-refractivity contribution in [3.8, 4) is 0 Å². The van der Waals surface area contributed by atoms with Crippen molar-refractivity contribution in [2.45, 2.75) is 6.92 Å². The zero-order valence-electron chi connectivity index (χ0n) is 6.69. The minimum absolute atomic E-state index is 0.727. The van der Waals surface area contributed by atoms with Crippen LogP contribution in [0.25, 0.3) is 5.57 Å². The van der Waals surface area contributed by atoms with E-state index in [1.807, 2.05) is 0 Å². The quantitative estimate of drug-likeness (QED) is 0.673. The van der Waals surface area contributed by atoms with Crippen LogP contribution in [0.15, 0.2) is 30.6 Å². The third kappa shape index (κ3) is 2.20. The molecule has 1 rings (SSSR count). The van der Waals surface area contributed by atoms with Crippen LogP contribution in [-0.2, 0) is 4.79 Å². The number of hydrogen-bond donors (Lipinski definition) is 1. The smallest absolute Gasteiger partial charge is 0.328 e. The van der Waals surface area contributed by atoms with Gasteiger partial charge in [0.15, 0.2) is 0 Å². The van der Waals surface area contributed by atoms with Gasteiger partial charge in [0.2, 0.25) is 0 Å². The fraction of sp³-hybridized carbons (Fsp3) is 0.111. The van der Waals surface area contributed by atoms with Crippen LogP contribution in [0.5, 0.6) is 0 Å². The second kappa shape index (κ2) is 3.67. The molecular weight excluding hydrogens is 154 g/mol. The maximum Gasteiger partial charge on any atom is 0.328 e. The summed E-state index contributed by atoms with van der Waals surface area (Å²) in [6.07, 6.45) is 4.44. The van der Waals surface area contributed by atoms with E-state index in [2.05, 4.69) is 4.98 Å². The van der Waals surface area contributed by atoms with Crippen LogP contribution in [0.3, 0.4) is 0 Å². The molecule has 0 amide bonds. The maximum absolute atomic E-state index is 10.3. The van der Waals surface area contributed by atoms with E-state index in [0.29, 0.717) is 0 Å². The fourth-order valence-electron chi connectivity index (χ4n) is 0.883. The Bertz CT molecular complexity index is 304. The summed E-state index contributed by atoms with van der Waals surface area (Å²) in [7, 11) is 0. The van der Waals surface area contributed by atoms with Crippen molar-refractivity contribution in [1.29, 1.82) is 0 Å². The van der Waals surface area contributed by atoms with Gasteiger partial charge in [-0.1, -0.05) is 0 Å². The minimum Gasteiger partial charge on any atom is -0.478 e. The first kappa shape index (κ1) is 8.46. The Balaban J connectivity index is 2.93. The minimum atomic E-state index is -0.927. The summed E-state index contributed by atoms with van der Waals surface area (Å²) < 4.78 is 0. The van der Waals surface area contributed by atoms with Crippen LogP contribution in [0.2, 0.25) is 0 Å². The lowest BCUT2D eigenvalue weighted by Crippen LogP contribution is -1.89. The van der Waals surface area contributed by atoms with Gasteiger partial charge in [0.1, 0.15) is 0 Å². The van der Waals surface area contributed by atoms with Crippen molar-refractivity contribution in [3.05, 3.63) is 36.2 Å². The lowest BCUT2D eigenvalue weighted by molar-refractivity contribution is -0.131. The molecule has 0 radical (unpaired) electrons. The van der Waals surface area contributed by atoms with Crippen molar-refractivity contribution in [3.63, 3.8) is 0 Å². The molecule has 0 saturated heterocycles. The molecule has 1 N–H and O–H groups in total. The van der Waals surface area contributed by atoms with Crippen molar-refractivity contribution in [2.75, 3.05) is 0 Å². The Kier molecular flexibility index (Phi) is 2.58. The summed E-state index contributed by atoms with van der Waals surface area (Å²) in [5.41, 5.74) is 1.61. The maximum atomic E-state index is 10.3. The first-order valence-electron chi connectivity index (χ1n) is 3.52. The van der Waals surface area contributed by atoms with Crippen LogP contribution >= 0.6 is 0 Å². The van der Waals surface area contributed by atoms with Gasteiger partial charge < -0.3 is 5.11 Å². The van der Waals surface area contributed by atoms with Crippen molar-refractivity contribution in [1.82, 2.24) is 4.98 Å². The zero-order chi connectivity index (χ0) is 8.97. The standard InChI is InChI=1S/C9H9NO2/c1-7(6-9(11)12)8-2-4-10-5-3-8/h2-6H,1H3,(H,11,12). The molecule has 0 fully saturated rings. The van der Waals surface area contributed by atoms with Crippen molar-refractivity contribution < 1.29 is 9.90 Å². The average molecular weight is 163 g/mol. The Morgan fingerprint density at radius 2 is 2.08 bits per heavy atom. The monoisotopic (exact) mass is 163 g/mol. The number of aromatic nitrogens is 1. The van der Waals surface area contributed by atoms with Gasteiger partial charge in [-0.25, -0.2) is 4.79 Å². The zero-order valence-corrected chi connectivity index (χ0v) is 6.69. The molecule has 0 unspecified atom stereocenters. The highest BCUT2D eigenvalue weighted by Crippen LogP contribution is 2.10. The molecule has 0 aliphatic heterocycles. The molecule has 0 aromatic carbocycles. The molecule has 62 valence electrons. The largest absolute Gasteiger partial charge is 0.478 e. The predicted molar refractivity (Wildman–Crippen MR) is 45.5 cm³/mol. The van der Waals surface area contributed by atoms with Gasteiger partial charge in [0, 0.05) is 18.5 Å². The summed E-state index contributed by atoms with van der Waals surface area (Å²) in [6, 6.07) is 3.55. The van der Waals surface area contributed by atoms with Crippen molar-refractivity contribution in [2.24, 2.45) is 0 Å². The Morgan fingerprint density at radius 3 is 2.58 bits per heavy atom. The van der Waals surface area contributed by atoms with E-state index in [0.717, 1.165) is 11.1 Å². The summed E-state index contributed by atoms with van der Waals surface area (Å²) in [5.74, 6) is -0.927.